The molecule has 1 aromatic rings. The van der Waals surface area contributed by atoms with Gasteiger partial charge in [0.05, 0.1) is 12.7 Å². The molecule has 0 spiro atoms. The van der Waals surface area contributed by atoms with Gasteiger partial charge in [-0.05, 0) is 31.7 Å². The van der Waals surface area contributed by atoms with Crippen molar-refractivity contribution in [3.8, 4) is 5.75 Å². The van der Waals surface area contributed by atoms with E-state index in [1.807, 2.05) is 18.2 Å². The molecule has 0 radical (unpaired) electrons. The van der Waals surface area contributed by atoms with Crippen LogP contribution in [0.5, 0.6) is 5.75 Å². The molecule has 2 heteroatoms. The molecule has 0 unspecified atom stereocenters. The van der Waals surface area contributed by atoms with Crippen LogP contribution in [-0.2, 0) is 4.74 Å². The summed E-state index contributed by atoms with van der Waals surface area (Å²) in [6.07, 6.45) is 4.72. The number of benzene rings is 1. The number of rotatable bonds is 1. The number of phenols is 1. The van der Waals surface area contributed by atoms with E-state index >= 15 is 0 Å². The van der Waals surface area contributed by atoms with Crippen molar-refractivity contribution in [2.75, 3.05) is 6.61 Å². The van der Waals surface area contributed by atoms with Crippen molar-refractivity contribution in [2.24, 2.45) is 11.8 Å². The smallest absolute Gasteiger partial charge is 0.121 e. The molecule has 2 bridgehead atoms. The quantitative estimate of drug-likeness (QED) is 0.749. The number of hydrogen-bond donors (Lipinski definition) is 1. The summed E-state index contributed by atoms with van der Waals surface area (Å²) in [5.41, 5.74) is 2.35. The highest BCUT2D eigenvalue weighted by Crippen LogP contribution is 2.45. The van der Waals surface area contributed by atoms with E-state index in [9.17, 15) is 5.11 Å². The van der Waals surface area contributed by atoms with Gasteiger partial charge in [0.1, 0.15) is 5.75 Å². The summed E-state index contributed by atoms with van der Waals surface area (Å²) in [6.45, 7) is 3.00. The van der Waals surface area contributed by atoms with Crippen LogP contribution < -0.4 is 0 Å². The molecule has 1 fully saturated rings. The summed E-state index contributed by atoms with van der Waals surface area (Å²) in [5.74, 6) is 1.47. The molecule has 3 atom stereocenters. The third-order valence-electron chi connectivity index (χ3n) is 4.07. The zero-order chi connectivity index (χ0) is 11.8. The van der Waals surface area contributed by atoms with Crippen molar-refractivity contribution >= 4 is 0 Å². The van der Waals surface area contributed by atoms with Crippen LogP contribution in [0.1, 0.15) is 31.4 Å². The lowest BCUT2D eigenvalue weighted by atomic mass is 9.75. The van der Waals surface area contributed by atoms with Crippen LogP contribution in [0.4, 0.5) is 0 Å². The Morgan fingerprint density at radius 1 is 1.29 bits per heavy atom. The first-order valence-electron chi connectivity index (χ1n) is 6.32. The minimum absolute atomic E-state index is 0.0315. The molecular formula is C15H18O2. The van der Waals surface area contributed by atoms with Gasteiger partial charge in [-0.3, -0.25) is 0 Å². The highest BCUT2D eigenvalue weighted by Gasteiger charge is 2.36. The normalized spacial score (nSPS) is 32.1. The van der Waals surface area contributed by atoms with Gasteiger partial charge >= 0.3 is 0 Å². The van der Waals surface area contributed by atoms with Crippen molar-refractivity contribution in [1.29, 1.82) is 0 Å². The molecule has 1 aromatic carbocycles. The number of para-hydroxylation sites is 1. The van der Waals surface area contributed by atoms with Gasteiger partial charge in [-0.2, -0.15) is 0 Å². The lowest BCUT2D eigenvalue weighted by Crippen LogP contribution is -2.32. The van der Waals surface area contributed by atoms with Gasteiger partial charge in [0, 0.05) is 11.5 Å². The fourth-order valence-electron chi connectivity index (χ4n) is 3.03. The minimum atomic E-state index is 0.0315. The van der Waals surface area contributed by atoms with E-state index < -0.39 is 0 Å². The summed E-state index contributed by atoms with van der Waals surface area (Å²) in [7, 11) is 0. The Morgan fingerprint density at radius 3 is 2.94 bits per heavy atom. The molecule has 3 rings (SSSR count). The second kappa shape index (κ2) is 4.19. The number of fused-ring (bicyclic) bond motifs is 2. The van der Waals surface area contributed by atoms with Crippen molar-refractivity contribution in [3.05, 3.63) is 41.5 Å². The lowest BCUT2D eigenvalue weighted by molar-refractivity contribution is -0.0521. The van der Waals surface area contributed by atoms with Crippen LogP contribution in [0.2, 0.25) is 0 Å². The van der Waals surface area contributed by atoms with E-state index in [4.69, 9.17) is 4.74 Å². The zero-order valence-electron chi connectivity index (χ0n) is 10.1. The Labute approximate surface area is 102 Å². The Kier molecular flexibility index (Phi) is 2.67. The fraction of sp³-hybridized carbons (Fsp3) is 0.467. The maximum atomic E-state index is 9.95. The maximum Gasteiger partial charge on any atom is 0.121 e. The molecule has 0 amide bonds. The third-order valence-corrected chi connectivity index (χ3v) is 4.07. The maximum absolute atomic E-state index is 9.95. The van der Waals surface area contributed by atoms with Crippen molar-refractivity contribution in [2.45, 2.75) is 25.9 Å². The van der Waals surface area contributed by atoms with Gasteiger partial charge < -0.3 is 9.84 Å². The molecule has 1 aliphatic heterocycles. The largest absolute Gasteiger partial charge is 0.508 e. The van der Waals surface area contributed by atoms with Crippen molar-refractivity contribution < 1.29 is 9.84 Å². The van der Waals surface area contributed by atoms with Gasteiger partial charge in [-0.1, -0.05) is 29.8 Å². The molecule has 1 saturated heterocycles. The second-order valence-corrected chi connectivity index (χ2v) is 5.20. The molecule has 0 saturated carbocycles. The average molecular weight is 230 g/mol. The van der Waals surface area contributed by atoms with E-state index in [-0.39, 0.29) is 6.10 Å². The number of aromatic hydroxyl groups is 1. The Balaban J connectivity index is 1.96. The monoisotopic (exact) mass is 230 g/mol. The van der Waals surface area contributed by atoms with Crippen LogP contribution >= 0.6 is 0 Å². The molecule has 2 nitrogen and oxygen atoms in total. The van der Waals surface area contributed by atoms with Crippen LogP contribution in [0.15, 0.2) is 35.9 Å². The van der Waals surface area contributed by atoms with Crippen molar-refractivity contribution in [3.63, 3.8) is 0 Å². The predicted molar refractivity (Wildman–Crippen MR) is 66.8 cm³/mol. The summed E-state index contributed by atoms with van der Waals surface area (Å²) >= 11 is 0. The van der Waals surface area contributed by atoms with E-state index in [0.717, 1.165) is 18.6 Å². The predicted octanol–water partition coefficient (Wildman–Crippen LogP) is 3.44. The first-order valence-corrected chi connectivity index (χ1v) is 6.32. The molecule has 90 valence electrons. The lowest BCUT2D eigenvalue weighted by Gasteiger charge is -2.40. The van der Waals surface area contributed by atoms with Crippen LogP contribution in [0.3, 0.4) is 0 Å². The molecule has 2 aliphatic rings. The molecule has 1 heterocycles. The van der Waals surface area contributed by atoms with E-state index in [0.29, 0.717) is 17.6 Å². The molecular weight excluding hydrogens is 212 g/mol. The number of ether oxygens (including phenoxy) is 1. The highest BCUT2D eigenvalue weighted by molar-refractivity contribution is 5.36. The summed E-state index contributed by atoms with van der Waals surface area (Å²) in [4.78, 5) is 0. The van der Waals surface area contributed by atoms with Crippen molar-refractivity contribution in [1.82, 2.24) is 0 Å². The minimum Gasteiger partial charge on any atom is -0.508 e. The number of phenolic OH excluding ortho intramolecular Hbond substituents is 1. The Morgan fingerprint density at radius 2 is 2.12 bits per heavy atom. The Bertz CT molecular complexity index is 450. The van der Waals surface area contributed by atoms with Gasteiger partial charge in [-0.15, -0.1) is 0 Å². The van der Waals surface area contributed by atoms with Gasteiger partial charge in [0.2, 0.25) is 0 Å². The first kappa shape index (κ1) is 10.8. The van der Waals surface area contributed by atoms with E-state index in [1.54, 1.807) is 6.07 Å². The molecule has 17 heavy (non-hydrogen) atoms. The average Bonchev–Trinajstić information content (AvgIpc) is 2.36. The Hall–Kier alpha value is -1.28. The second-order valence-electron chi connectivity index (χ2n) is 5.20. The molecule has 0 aromatic heterocycles. The van der Waals surface area contributed by atoms with Crippen LogP contribution in [0, 0.1) is 11.8 Å². The topological polar surface area (TPSA) is 29.5 Å². The number of allylic oxidation sites excluding steroid dienone is 1. The standard InChI is InChI=1S/C15H18O2/c1-10-6-7-11-8-13(10)15(17-9-11)12-4-2-3-5-14(12)16/h2-6,11,13,15-16H,7-9H2,1H3/t11-,13-,15+/m1/s1. The van der Waals surface area contributed by atoms with Crippen LogP contribution in [0.25, 0.3) is 0 Å². The summed E-state index contributed by atoms with van der Waals surface area (Å²) < 4.78 is 5.98. The summed E-state index contributed by atoms with van der Waals surface area (Å²) in [5, 5.41) is 9.95. The van der Waals surface area contributed by atoms with Crippen LogP contribution in [-0.4, -0.2) is 11.7 Å². The first-order chi connectivity index (χ1) is 8.25. The highest BCUT2D eigenvalue weighted by atomic mass is 16.5. The third kappa shape index (κ3) is 1.87. The van der Waals surface area contributed by atoms with E-state index in [2.05, 4.69) is 13.0 Å². The van der Waals surface area contributed by atoms with E-state index in [1.165, 1.54) is 12.0 Å². The fourth-order valence-corrected chi connectivity index (χ4v) is 3.03. The molecule has 1 N–H and O–H groups in total. The zero-order valence-corrected chi connectivity index (χ0v) is 10.1. The molecule has 1 aliphatic carbocycles. The van der Waals surface area contributed by atoms with Gasteiger partial charge in [0.15, 0.2) is 0 Å². The SMILES string of the molecule is CC1=CC[C@H]2CO[C@@H](c3ccccc3O)[C@@H]1C2. The van der Waals surface area contributed by atoms with Gasteiger partial charge in [-0.25, -0.2) is 0 Å². The summed E-state index contributed by atoms with van der Waals surface area (Å²) in [6, 6.07) is 7.54. The number of hydrogen-bond acceptors (Lipinski definition) is 2. The van der Waals surface area contributed by atoms with Gasteiger partial charge in [0.25, 0.3) is 0 Å².